The zero-order chi connectivity index (χ0) is 16.4. The van der Waals surface area contributed by atoms with Crippen LogP contribution in [0.15, 0.2) is 0 Å². The van der Waals surface area contributed by atoms with Crippen molar-refractivity contribution in [2.45, 2.75) is 39.2 Å². The van der Waals surface area contributed by atoms with E-state index < -0.39 is 0 Å². The molecule has 0 aromatic carbocycles. The molecular formula is C17H29N5O. The Morgan fingerprint density at radius 2 is 2.00 bits per heavy atom. The van der Waals surface area contributed by atoms with Crippen LogP contribution in [0.5, 0.6) is 0 Å². The molecule has 1 unspecified atom stereocenters. The Kier molecular flexibility index (Phi) is 5.02. The molecule has 0 aliphatic carbocycles. The first-order chi connectivity index (χ1) is 11.1. The standard InChI is InChI=1S/C17H29N5O/c1-13-16(14(2)20(3)19-13)4-5-17(23)22-9-6-15(12-22)21-10-7-18-8-11-21/h15,18H,4-12H2,1-3H3. The highest BCUT2D eigenvalue weighted by Gasteiger charge is 2.30. The number of aromatic nitrogens is 2. The Hall–Kier alpha value is -1.40. The molecule has 0 bridgehead atoms. The van der Waals surface area contributed by atoms with E-state index in [2.05, 4.69) is 27.1 Å². The molecule has 0 spiro atoms. The van der Waals surface area contributed by atoms with Gasteiger partial charge in [0.2, 0.25) is 5.91 Å². The molecule has 128 valence electrons. The molecule has 23 heavy (non-hydrogen) atoms. The molecule has 2 aliphatic heterocycles. The van der Waals surface area contributed by atoms with Crippen molar-refractivity contribution in [3.63, 3.8) is 0 Å². The number of hydrogen-bond donors (Lipinski definition) is 1. The third kappa shape index (κ3) is 3.58. The first-order valence-corrected chi connectivity index (χ1v) is 8.78. The van der Waals surface area contributed by atoms with Crippen LogP contribution in [0.2, 0.25) is 0 Å². The van der Waals surface area contributed by atoms with Crippen molar-refractivity contribution in [1.82, 2.24) is 24.9 Å². The van der Waals surface area contributed by atoms with E-state index in [4.69, 9.17) is 0 Å². The third-order valence-electron chi connectivity index (χ3n) is 5.43. The van der Waals surface area contributed by atoms with Gasteiger partial charge in [-0.2, -0.15) is 5.10 Å². The fourth-order valence-corrected chi connectivity index (χ4v) is 3.88. The normalized spacial score (nSPS) is 22.7. The van der Waals surface area contributed by atoms with Gasteiger partial charge in [0.1, 0.15) is 0 Å². The third-order valence-corrected chi connectivity index (χ3v) is 5.43. The lowest BCUT2D eigenvalue weighted by Gasteiger charge is -2.32. The summed E-state index contributed by atoms with van der Waals surface area (Å²) in [6.45, 7) is 10.3. The van der Waals surface area contributed by atoms with Gasteiger partial charge in [-0.3, -0.25) is 14.4 Å². The minimum absolute atomic E-state index is 0.297. The van der Waals surface area contributed by atoms with E-state index in [0.29, 0.717) is 18.4 Å². The first-order valence-electron chi connectivity index (χ1n) is 8.78. The summed E-state index contributed by atoms with van der Waals surface area (Å²) in [7, 11) is 1.96. The second-order valence-electron chi connectivity index (χ2n) is 6.84. The van der Waals surface area contributed by atoms with Crippen molar-refractivity contribution < 1.29 is 4.79 Å². The molecule has 1 aromatic rings. The molecule has 1 atom stereocenters. The van der Waals surface area contributed by atoms with E-state index in [1.165, 1.54) is 11.3 Å². The minimum atomic E-state index is 0.297. The van der Waals surface area contributed by atoms with E-state index in [1.54, 1.807) is 0 Å². The topological polar surface area (TPSA) is 53.4 Å². The summed E-state index contributed by atoms with van der Waals surface area (Å²) in [6, 6.07) is 0.558. The minimum Gasteiger partial charge on any atom is -0.341 e. The number of nitrogens with one attached hydrogen (secondary N) is 1. The number of rotatable bonds is 4. The van der Waals surface area contributed by atoms with E-state index in [1.807, 2.05) is 18.7 Å². The molecule has 6 nitrogen and oxygen atoms in total. The van der Waals surface area contributed by atoms with Crippen LogP contribution in [0, 0.1) is 13.8 Å². The maximum Gasteiger partial charge on any atom is 0.222 e. The summed E-state index contributed by atoms with van der Waals surface area (Å²) in [5.41, 5.74) is 3.46. The fraction of sp³-hybridized carbons (Fsp3) is 0.765. The van der Waals surface area contributed by atoms with Gasteiger partial charge in [0.25, 0.3) is 0 Å². The Morgan fingerprint density at radius 3 is 2.65 bits per heavy atom. The van der Waals surface area contributed by atoms with Gasteiger partial charge in [-0.15, -0.1) is 0 Å². The predicted octanol–water partition coefficient (Wildman–Crippen LogP) is 0.476. The summed E-state index contributed by atoms with van der Waals surface area (Å²) in [5.74, 6) is 0.297. The largest absolute Gasteiger partial charge is 0.341 e. The highest BCUT2D eigenvalue weighted by molar-refractivity contribution is 5.76. The highest BCUT2D eigenvalue weighted by Crippen LogP contribution is 2.19. The molecule has 1 amide bonds. The average Bonchev–Trinajstić information content (AvgIpc) is 3.13. The summed E-state index contributed by atoms with van der Waals surface area (Å²) in [5, 5.41) is 7.83. The molecule has 3 heterocycles. The van der Waals surface area contributed by atoms with Gasteiger partial charge in [0.05, 0.1) is 5.69 Å². The van der Waals surface area contributed by atoms with Gasteiger partial charge in [-0.25, -0.2) is 0 Å². The molecule has 2 aliphatic rings. The lowest BCUT2D eigenvalue weighted by atomic mass is 10.1. The number of hydrogen-bond acceptors (Lipinski definition) is 4. The lowest BCUT2D eigenvalue weighted by Crippen LogP contribution is -2.49. The van der Waals surface area contributed by atoms with E-state index in [-0.39, 0.29) is 0 Å². The molecule has 1 N–H and O–H groups in total. The first kappa shape index (κ1) is 16.5. The van der Waals surface area contributed by atoms with Crippen molar-refractivity contribution in [1.29, 1.82) is 0 Å². The number of piperazine rings is 1. The zero-order valence-electron chi connectivity index (χ0n) is 14.6. The number of nitrogens with zero attached hydrogens (tertiary/aromatic N) is 4. The zero-order valence-corrected chi connectivity index (χ0v) is 14.6. The molecule has 1 aromatic heterocycles. The van der Waals surface area contributed by atoms with Crippen LogP contribution in [0.25, 0.3) is 0 Å². The molecule has 0 saturated carbocycles. The number of aryl methyl sites for hydroxylation is 2. The molecule has 3 rings (SSSR count). The van der Waals surface area contributed by atoms with E-state index in [9.17, 15) is 4.79 Å². The quantitative estimate of drug-likeness (QED) is 0.877. The van der Waals surface area contributed by atoms with Crippen LogP contribution in [0.4, 0.5) is 0 Å². The Bertz CT molecular complexity index is 562. The van der Waals surface area contributed by atoms with Gasteiger partial charge in [0.15, 0.2) is 0 Å². The summed E-state index contributed by atoms with van der Waals surface area (Å²) in [6.07, 6.45) is 2.53. The van der Waals surface area contributed by atoms with Gasteiger partial charge in [-0.05, 0) is 32.3 Å². The van der Waals surface area contributed by atoms with Crippen molar-refractivity contribution >= 4 is 5.91 Å². The van der Waals surface area contributed by atoms with E-state index in [0.717, 1.165) is 57.8 Å². The van der Waals surface area contributed by atoms with Crippen LogP contribution in [0.3, 0.4) is 0 Å². The SMILES string of the molecule is Cc1nn(C)c(C)c1CCC(=O)N1CCC(N2CCNCC2)C1. The Balaban J connectivity index is 1.51. The Morgan fingerprint density at radius 1 is 1.26 bits per heavy atom. The van der Waals surface area contributed by atoms with Crippen molar-refractivity contribution in [3.05, 3.63) is 17.0 Å². The number of amides is 1. The van der Waals surface area contributed by atoms with Gasteiger partial charge in [-0.1, -0.05) is 0 Å². The lowest BCUT2D eigenvalue weighted by molar-refractivity contribution is -0.130. The van der Waals surface area contributed by atoms with Crippen molar-refractivity contribution in [2.24, 2.45) is 7.05 Å². The molecular weight excluding hydrogens is 290 g/mol. The van der Waals surface area contributed by atoms with Crippen LogP contribution in [0.1, 0.15) is 29.8 Å². The number of carbonyl (C=O) groups excluding carboxylic acids is 1. The molecule has 0 radical (unpaired) electrons. The summed E-state index contributed by atoms with van der Waals surface area (Å²) in [4.78, 5) is 17.1. The summed E-state index contributed by atoms with van der Waals surface area (Å²) < 4.78 is 1.91. The van der Waals surface area contributed by atoms with Gasteiger partial charge < -0.3 is 10.2 Å². The molecule has 2 fully saturated rings. The highest BCUT2D eigenvalue weighted by atomic mass is 16.2. The maximum absolute atomic E-state index is 12.5. The van der Waals surface area contributed by atoms with Crippen molar-refractivity contribution in [3.8, 4) is 0 Å². The second-order valence-corrected chi connectivity index (χ2v) is 6.84. The average molecular weight is 319 g/mol. The number of carbonyl (C=O) groups is 1. The van der Waals surface area contributed by atoms with Crippen LogP contribution in [-0.2, 0) is 18.3 Å². The predicted molar refractivity (Wildman–Crippen MR) is 90.4 cm³/mol. The van der Waals surface area contributed by atoms with E-state index >= 15 is 0 Å². The van der Waals surface area contributed by atoms with Gasteiger partial charge in [0, 0.05) is 64.5 Å². The smallest absolute Gasteiger partial charge is 0.222 e. The van der Waals surface area contributed by atoms with Gasteiger partial charge >= 0.3 is 0 Å². The molecule has 6 heteroatoms. The Labute approximate surface area is 138 Å². The fourth-order valence-electron chi connectivity index (χ4n) is 3.88. The monoisotopic (exact) mass is 319 g/mol. The maximum atomic E-state index is 12.5. The van der Waals surface area contributed by atoms with Crippen LogP contribution >= 0.6 is 0 Å². The molecule has 2 saturated heterocycles. The van der Waals surface area contributed by atoms with Crippen LogP contribution in [-0.4, -0.2) is 70.8 Å². The van der Waals surface area contributed by atoms with Crippen molar-refractivity contribution in [2.75, 3.05) is 39.3 Å². The van der Waals surface area contributed by atoms with Crippen LogP contribution < -0.4 is 5.32 Å². The second kappa shape index (κ2) is 7.01. The number of likely N-dealkylation sites (tertiary alicyclic amines) is 1. The summed E-state index contributed by atoms with van der Waals surface area (Å²) >= 11 is 0.